The van der Waals surface area contributed by atoms with Gasteiger partial charge in [-0.05, 0) is 30.4 Å². The zero-order valence-corrected chi connectivity index (χ0v) is 13.9. The van der Waals surface area contributed by atoms with E-state index < -0.39 is 0 Å². The van der Waals surface area contributed by atoms with Crippen molar-refractivity contribution in [3.63, 3.8) is 0 Å². The normalized spacial score (nSPS) is 12.3. The van der Waals surface area contributed by atoms with E-state index in [1.165, 1.54) is 16.0 Å². The Kier molecular flexibility index (Phi) is 7.23. The van der Waals surface area contributed by atoms with Crippen LogP contribution in [0.25, 0.3) is 0 Å². The summed E-state index contributed by atoms with van der Waals surface area (Å²) in [4.78, 5) is 12.9. The molecule has 1 unspecified atom stereocenters. The molecular weight excluding hydrogens is 262 g/mol. The molecule has 2 amide bonds. The predicted molar refractivity (Wildman–Crippen MR) is 88.5 cm³/mol. The van der Waals surface area contributed by atoms with E-state index in [0.717, 1.165) is 13.0 Å². The fourth-order valence-electron chi connectivity index (χ4n) is 2.15. The monoisotopic (exact) mass is 291 g/mol. The first-order chi connectivity index (χ1) is 9.90. The van der Waals surface area contributed by atoms with Crippen molar-refractivity contribution in [3.8, 4) is 0 Å². The highest BCUT2D eigenvalue weighted by molar-refractivity contribution is 5.73. The van der Waals surface area contributed by atoms with Crippen LogP contribution in [0.4, 0.5) is 4.79 Å². The number of benzene rings is 1. The van der Waals surface area contributed by atoms with Crippen LogP contribution in [0.1, 0.15) is 37.9 Å². The Morgan fingerprint density at radius 2 is 1.71 bits per heavy atom. The second-order valence-corrected chi connectivity index (χ2v) is 6.14. The highest BCUT2D eigenvalue weighted by Gasteiger charge is 2.06. The Morgan fingerprint density at radius 1 is 1.10 bits per heavy atom. The quantitative estimate of drug-likeness (QED) is 0.759. The van der Waals surface area contributed by atoms with Gasteiger partial charge in [0.25, 0.3) is 0 Å². The van der Waals surface area contributed by atoms with Gasteiger partial charge >= 0.3 is 6.03 Å². The molecular formula is C17H29N3O. The van der Waals surface area contributed by atoms with E-state index in [9.17, 15) is 4.79 Å². The fourth-order valence-corrected chi connectivity index (χ4v) is 2.15. The molecule has 1 rings (SSSR count). The van der Waals surface area contributed by atoms with Crippen LogP contribution in [-0.4, -0.2) is 38.1 Å². The minimum atomic E-state index is -0.0532. The molecule has 1 atom stereocenters. The molecule has 0 fully saturated rings. The molecule has 0 spiro atoms. The summed E-state index contributed by atoms with van der Waals surface area (Å²) in [5, 5.41) is 6.26. The van der Waals surface area contributed by atoms with Gasteiger partial charge in [-0.3, -0.25) is 0 Å². The third kappa shape index (κ3) is 6.63. The van der Waals surface area contributed by atoms with Crippen molar-refractivity contribution in [2.24, 2.45) is 5.92 Å². The summed E-state index contributed by atoms with van der Waals surface area (Å²) in [6.45, 7) is 8.01. The van der Waals surface area contributed by atoms with Crippen LogP contribution in [0.2, 0.25) is 0 Å². The molecule has 1 aromatic rings. The van der Waals surface area contributed by atoms with Crippen LogP contribution in [0, 0.1) is 5.92 Å². The topological polar surface area (TPSA) is 44.4 Å². The maximum Gasteiger partial charge on any atom is 0.316 e. The lowest BCUT2D eigenvalue weighted by Crippen LogP contribution is -2.38. The molecule has 118 valence electrons. The zero-order valence-electron chi connectivity index (χ0n) is 13.9. The number of hydrogen-bond donors (Lipinski definition) is 2. The minimum absolute atomic E-state index is 0.0532. The third-order valence-corrected chi connectivity index (χ3v) is 3.38. The second kappa shape index (κ2) is 8.67. The summed E-state index contributed by atoms with van der Waals surface area (Å²) < 4.78 is 0. The SMILES string of the molecule is CC(C)Cc1ccc(C(C)NCCNC(=O)N(C)C)cc1. The molecule has 0 heterocycles. The smallest absolute Gasteiger partial charge is 0.316 e. The van der Waals surface area contributed by atoms with E-state index >= 15 is 0 Å². The molecule has 0 aromatic heterocycles. The van der Waals surface area contributed by atoms with Crippen molar-refractivity contribution in [1.29, 1.82) is 0 Å². The van der Waals surface area contributed by atoms with Gasteiger partial charge in [-0.25, -0.2) is 4.79 Å². The average molecular weight is 291 g/mol. The van der Waals surface area contributed by atoms with Gasteiger partial charge in [-0.2, -0.15) is 0 Å². The number of amides is 2. The van der Waals surface area contributed by atoms with E-state index in [1.54, 1.807) is 14.1 Å². The van der Waals surface area contributed by atoms with E-state index in [4.69, 9.17) is 0 Å². The zero-order chi connectivity index (χ0) is 15.8. The fraction of sp³-hybridized carbons (Fsp3) is 0.588. The molecule has 4 nitrogen and oxygen atoms in total. The Balaban J connectivity index is 2.35. The highest BCUT2D eigenvalue weighted by atomic mass is 16.2. The lowest BCUT2D eigenvalue weighted by molar-refractivity contribution is 0.217. The maximum absolute atomic E-state index is 11.4. The predicted octanol–water partition coefficient (Wildman–Crippen LogP) is 2.81. The molecule has 0 aliphatic heterocycles. The van der Waals surface area contributed by atoms with Crippen molar-refractivity contribution in [2.75, 3.05) is 27.2 Å². The second-order valence-electron chi connectivity index (χ2n) is 6.14. The van der Waals surface area contributed by atoms with Crippen LogP contribution in [0.5, 0.6) is 0 Å². The number of carbonyl (C=O) groups is 1. The summed E-state index contributed by atoms with van der Waals surface area (Å²) in [6.07, 6.45) is 1.12. The van der Waals surface area contributed by atoms with E-state index in [1.807, 2.05) is 0 Å². The minimum Gasteiger partial charge on any atom is -0.337 e. The largest absolute Gasteiger partial charge is 0.337 e. The van der Waals surface area contributed by atoms with Gasteiger partial charge in [-0.1, -0.05) is 38.1 Å². The first kappa shape index (κ1) is 17.5. The van der Waals surface area contributed by atoms with E-state index in [-0.39, 0.29) is 12.1 Å². The van der Waals surface area contributed by atoms with Gasteiger partial charge < -0.3 is 15.5 Å². The van der Waals surface area contributed by atoms with Crippen LogP contribution in [0.15, 0.2) is 24.3 Å². The van der Waals surface area contributed by atoms with Crippen LogP contribution in [0.3, 0.4) is 0 Å². The van der Waals surface area contributed by atoms with Crippen LogP contribution >= 0.6 is 0 Å². The molecule has 4 heteroatoms. The maximum atomic E-state index is 11.4. The van der Waals surface area contributed by atoms with Gasteiger partial charge in [0, 0.05) is 33.2 Å². The van der Waals surface area contributed by atoms with Gasteiger partial charge in [0.05, 0.1) is 0 Å². The molecule has 2 N–H and O–H groups in total. The Bertz CT molecular complexity index is 426. The van der Waals surface area contributed by atoms with Crippen molar-refractivity contribution >= 4 is 6.03 Å². The number of urea groups is 1. The van der Waals surface area contributed by atoms with Crippen molar-refractivity contribution in [1.82, 2.24) is 15.5 Å². The number of nitrogens with one attached hydrogen (secondary N) is 2. The number of rotatable bonds is 7. The Hall–Kier alpha value is -1.55. The summed E-state index contributed by atoms with van der Waals surface area (Å²) in [5.41, 5.74) is 2.67. The molecule has 0 aliphatic rings. The first-order valence-electron chi connectivity index (χ1n) is 7.67. The van der Waals surface area contributed by atoms with Crippen LogP contribution < -0.4 is 10.6 Å². The molecule has 0 radical (unpaired) electrons. The van der Waals surface area contributed by atoms with Crippen molar-refractivity contribution < 1.29 is 4.79 Å². The molecule has 21 heavy (non-hydrogen) atoms. The molecule has 0 saturated heterocycles. The number of hydrogen-bond acceptors (Lipinski definition) is 2. The molecule has 0 bridgehead atoms. The Labute approximate surface area is 128 Å². The van der Waals surface area contributed by atoms with E-state index in [2.05, 4.69) is 55.7 Å². The summed E-state index contributed by atoms with van der Waals surface area (Å²) in [5.74, 6) is 0.687. The first-order valence-corrected chi connectivity index (χ1v) is 7.67. The number of nitrogens with zero attached hydrogens (tertiary/aromatic N) is 1. The van der Waals surface area contributed by atoms with Gasteiger partial charge in [0.15, 0.2) is 0 Å². The number of carbonyl (C=O) groups excluding carboxylic acids is 1. The summed E-state index contributed by atoms with van der Waals surface area (Å²) in [6, 6.07) is 9.03. The van der Waals surface area contributed by atoms with Crippen molar-refractivity contribution in [3.05, 3.63) is 35.4 Å². The summed E-state index contributed by atoms with van der Waals surface area (Å²) >= 11 is 0. The average Bonchev–Trinajstić information content (AvgIpc) is 2.43. The molecule has 0 aliphatic carbocycles. The van der Waals surface area contributed by atoms with Crippen LogP contribution in [-0.2, 0) is 6.42 Å². The third-order valence-electron chi connectivity index (χ3n) is 3.38. The molecule has 0 saturated carbocycles. The van der Waals surface area contributed by atoms with Gasteiger partial charge in [0.2, 0.25) is 0 Å². The Morgan fingerprint density at radius 3 is 2.24 bits per heavy atom. The van der Waals surface area contributed by atoms with Gasteiger partial charge in [0.1, 0.15) is 0 Å². The summed E-state index contributed by atoms with van der Waals surface area (Å²) in [7, 11) is 3.48. The lowest BCUT2D eigenvalue weighted by atomic mass is 10.00. The highest BCUT2D eigenvalue weighted by Crippen LogP contribution is 2.15. The lowest BCUT2D eigenvalue weighted by Gasteiger charge is -2.16. The van der Waals surface area contributed by atoms with Gasteiger partial charge in [-0.15, -0.1) is 0 Å². The van der Waals surface area contributed by atoms with Crippen molar-refractivity contribution in [2.45, 2.75) is 33.2 Å². The molecule has 1 aromatic carbocycles. The standard InChI is InChI=1S/C17H29N3O/c1-13(2)12-15-6-8-16(9-7-15)14(3)18-10-11-19-17(21)20(4)5/h6-9,13-14,18H,10-12H2,1-5H3,(H,19,21). The van der Waals surface area contributed by atoms with E-state index in [0.29, 0.717) is 12.5 Å².